The van der Waals surface area contributed by atoms with E-state index in [0.29, 0.717) is 17.7 Å². The van der Waals surface area contributed by atoms with E-state index < -0.39 is 43.1 Å². The molecule has 0 aromatic carbocycles. The van der Waals surface area contributed by atoms with Crippen LogP contribution in [0.1, 0.15) is 69.8 Å². The molecule has 158 valence electrons. The second-order valence-corrected chi connectivity index (χ2v) is 7.48. The lowest BCUT2D eigenvalue weighted by Crippen LogP contribution is -2.45. The predicted octanol–water partition coefficient (Wildman–Crippen LogP) is 3.17. The van der Waals surface area contributed by atoms with Gasteiger partial charge in [0.05, 0.1) is 6.61 Å². The molecule has 0 saturated heterocycles. The number of esters is 1. The number of allylic oxidation sites excluding steroid dienone is 2. The molecule has 0 aromatic rings. The van der Waals surface area contributed by atoms with Crippen molar-refractivity contribution in [3.8, 4) is 0 Å². The highest BCUT2D eigenvalue weighted by atomic mass is 16.6. The molecule has 1 heterocycles. The van der Waals surface area contributed by atoms with Crippen LogP contribution in [0.3, 0.4) is 0 Å². The van der Waals surface area contributed by atoms with E-state index in [1.54, 1.807) is 20.8 Å². The Labute approximate surface area is 171 Å². The normalized spacial score (nSPS) is 23.5. The topological polar surface area (TPSA) is 97.3 Å². The lowest BCUT2D eigenvalue weighted by molar-refractivity contribution is -0.144. The van der Waals surface area contributed by atoms with Crippen LogP contribution in [0.4, 0.5) is 4.79 Å². The van der Waals surface area contributed by atoms with E-state index in [1.165, 1.54) is 0 Å². The number of guanidine groups is 1. The number of hydrogen-bond acceptors (Lipinski definition) is 5. The zero-order valence-corrected chi connectivity index (χ0v) is 17.0. The maximum Gasteiger partial charge on any atom is 0.437 e. The quantitative estimate of drug-likeness (QED) is 0.497. The SMILES string of the molecule is [2H]C([2H])([2H])N1CC(=O)OCCCC/C=C\CCCCC(=O)N/C1=N/C(=O)OC(C)(C)C. The first-order valence-electron chi connectivity index (χ1n) is 11.1. The van der Waals surface area contributed by atoms with Gasteiger partial charge >= 0.3 is 12.1 Å². The van der Waals surface area contributed by atoms with Crippen LogP contribution in [-0.2, 0) is 19.1 Å². The number of nitrogens with zero attached hydrogens (tertiary/aromatic N) is 2. The average Bonchev–Trinajstić information content (AvgIpc) is 2.60. The number of rotatable bonds is 0. The van der Waals surface area contributed by atoms with Gasteiger partial charge in [0, 0.05) is 17.5 Å². The number of cyclic esters (lactones) is 1. The smallest absolute Gasteiger partial charge is 0.437 e. The van der Waals surface area contributed by atoms with Gasteiger partial charge in [-0.1, -0.05) is 12.2 Å². The minimum Gasteiger partial charge on any atom is -0.464 e. The lowest BCUT2D eigenvalue weighted by atomic mass is 10.1. The molecule has 28 heavy (non-hydrogen) atoms. The molecule has 0 radical (unpaired) electrons. The van der Waals surface area contributed by atoms with Gasteiger partial charge in [-0.2, -0.15) is 0 Å². The largest absolute Gasteiger partial charge is 0.464 e. The fourth-order valence-electron chi connectivity index (χ4n) is 2.30. The molecule has 0 saturated carbocycles. The summed E-state index contributed by atoms with van der Waals surface area (Å²) >= 11 is 0. The molecular formula is C20H33N3O5. The van der Waals surface area contributed by atoms with Crippen LogP contribution in [0.25, 0.3) is 0 Å². The third kappa shape index (κ3) is 11.4. The minimum absolute atomic E-state index is 0.112. The van der Waals surface area contributed by atoms with Crippen LogP contribution in [0.15, 0.2) is 17.1 Å². The summed E-state index contributed by atoms with van der Waals surface area (Å²) in [5.41, 5.74) is -0.876. The Kier molecular flexibility index (Phi) is 8.23. The number of ether oxygens (including phenoxy) is 2. The molecule has 0 aromatic heterocycles. The van der Waals surface area contributed by atoms with E-state index in [0.717, 1.165) is 25.7 Å². The summed E-state index contributed by atoms with van der Waals surface area (Å²) in [5, 5.41) is 2.36. The third-order valence-corrected chi connectivity index (χ3v) is 3.60. The highest BCUT2D eigenvalue weighted by Crippen LogP contribution is 2.09. The van der Waals surface area contributed by atoms with Crippen molar-refractivity contribution in [3.05, 3.63) is 12.2 Å². The molecule has 1 rings (SSSR count). The molecule has 0 atom stereocenters. The fraction of sp³-hybridized carbons (Fsp3) is 0.700. The molecule has 1 N–H and O–H groups in total. The van der Waals surface area contributed by atoms with Crippen LogP contribution >= 0.6 is 0 Å². The number of likely N-dealkylation sites (N-methyl/N-ethyl adjacent to an activating group) is 1. The van der Waals surface area contributed by atoms with Crippen molar-refractivity contribution in [2.45, 2.75) is 71.3 Å². The maximum absolute atomic E-state index is 12.4. The number of carbonyl (C=O) groups excluding carboxylic acids is 3. The molecule has 0 spiro atoms. The van der Waals surface area contributed by atoms with Gasteiger partial charge in [-0.05, 0) is 59.3 Å². The van der Waals surface area contributed by atoms with Crippen molar-refractivity contribution in [1.82, 2.24) is 10.2 Å². The molecule has 8 heteroatoms. The first-order chi connectivity index (χ1) is 14.4. The second kappa shape index (κ2) is 12.2. The van der Waals surface area contributed by atoms with Gasteiger partial charge in [0.25, 0.3) is 0 Å². The molecule has 1 aliphatic rings. The maximum atomic E-state index is 12.4. The zero-order valence-electron chi connectivity index (χ0n) is 20.0. The Balaban J connectivity index is 3.15. The van der Waals surface area contributed by atoms with Gasteiger partial charge in [-0.15, -0.1) is 4.99 Å². The van der Waals surface area contributed by atoms with Crippen LogP contribution in [0, 0.1) is 0 Å². The summed E-state index contributed by atoms with van der Waals surface area (Å²) in [7, 11) is 0. The van der Waals surface area contributed by atoms with Crippen molar-refractivity contribution in [2.24, 2.45) is 4.99 Å². The van der Waals surface area contributed by atoms with E-state index in [-0.39, 0.29) is 13.0 Å². The summed E-state index contributed by atoms with van der Waals surface area (Å²) in [5.74, 6) is -1.89. The Morgan fingerprint density at radius 3 is 2.54 bits per heavy atom. The predicted molar refractivity (Wildman–Crippen MR) is 107 cm³/mol. The highest BCUT2D eigenvalue weighted by molar-refractivity contribution is 6.01. The van der Waals surface area contributed by atoms with Crippen LogP contribution < -0.4 is 5.32 Å². The zero-order chi connectivity index (χ0) is 23.5. The van der Waals surface area contributed by atoms with E-state index in [4.69, 9.17) is 13.6 Å². The lowest BCUT2D eigenvalue weighted by Gasteiger charge is -2.22. The number of amides is 2. The number of hydrogen-bond donors (Lipinski definition) is 1. The highest BCUT2D eigenvalue weighted by Gasteiger charge is 2.20. The number of aliphatic imine (C=N–C) groups is 1. The first-order valence-corrected chi connectivity index (χ1v) is 9.58. The fourth-order valence-corrected chi connectivity index (χ4v) is 2.30. The van der Waals surface area contributed by atoms with Crippen LogP contribution in [-0.4, -0.2) is 54.6 Å². The third-order valence-electron chi connectivity index (χ3n) is 3.60. The Hall–Kier alpha value is -2.38. The van der Waals surface area contributed by atoms with Crippen molar-refractivity contribution in [1.29, 1.82) is 0 Å². The van der Waals surface area contributed by atoms with Gasteiger partial charge < -0.3 is 14.4 Å². The molecule has 1 aliphatic heterocycles. The molecule has 2 amide bonds. The molecule has 0 aliphatic carbocycles. The van der Waals surface area contributed by atoms with Crippen molar-refractivity contribution < 1.29 is 28.0 Å². The minimum atomic E-state index is -2.86. The average molecular weight is 399 g/mol. The Morgan fingerprint density at radius 2 is 1.89 bits per heavy atom. The summed E-state index contributed by atoms with van der Waals surface area (Å²) < 4.78 is 33.5. The molecular weight excluding hydrogens is 362 g/mol. The summed E-state index contributed by atoms with van der Waals surface area (Å²) in [4.78, 5) is 41.0. The van der Waals surface area contributed by atoms with Gasteiger partial charge in [0.1, 0.15) is 12.1 Å². The van der Waals surface area contributed by atoms with Gasteiger partial charge in [-0.3, -0.25) is 14.9 Å². The van der Waals surface area contributed by atoms with Crippen molar-refractivity contribution in [2.75, 3.05) is 20.1 Å². The monoisotopic (exact) mass is 398 g/mol. The van der Waals surface area contributed by atoms with Crippen molar-refractivity contribution in [3.63, 3.8) is 0 Å². The second-order valence-electron chi connectivity index (χ2n) is 7.48. The summed E-state index contributed by atoms with van der Waals surface area (Å²) in [6, 6.07) is 0. The standard InChI is InChI=1S/C20H33N3O5/c1-20(2,3)28-19(26)22-18-21-16(24)13-11-9-7-5-6-8-10-12-14-27-17(25)15-23(18)4/h5-6H,7-15H2,1-4H3,(H,21,22,24,26)/b6-5-/i4D3. The summed E-state index contributed by atoms with van der Waals surface area (Å²) in [6.45, 7) is 1.45. The summed E-state index contributed by atoms with van der Waals surface area (Å²) in [6.07, 6.45) is 7.64. The van der Waals surface area contributed by atoms with Gasteiger partial charge in [0.2, 0.25) is 11.9 Å². The van der Waals surface area contributed by atoms with Crippen molar-refractivity contribution >= 4 is 23.9 Å². The van der Waals surface area contributed by atoms with E-state index >= 15 is 0 Å². The van der Waals surface area contributed by atoms with Crippen LogP contribution in [0.2, 0.25) is 0 Å². The van der Waals surface area contributed by atoms with E-state index in [1.807, 2.05) is 6.08 Å². The molecule has 8 nitrogen and oxygen atoms in total. The number of nitrogens with one attached hydrogen (secondary N) is 1. The Bertz CT molecular complexity index is 685. The molecule has 0 fully saturated rings. The van der Waals surface area contributed by atoms with E-state index in [2.05, 4.69) is 16.4 Å². The first kappa shape index (κ1) is 19.0. The van der Waals surface area contributed by atoms with Gasteiger partial charge in [-0.25, -0.2) is 4.79 Å². The van der Waals surface area contributed by atoms with Gasteiger partial charge in [0.15, 0.2) is 0 Å². The Morgan fingerprint density at radius 1 is 1.21 bits per heavy atom. The molecule has 0 bridgehead atoms. The van der Waals surface area contributed by atoms with Crippen LogP contribution in [0.5, 0.6) is 0 Å². The molecule has 0 unspecified atom stereocenters. The number of carbonyl (C=O) groups is 3. The van der Waals surface area contributed by atoms with E-state index in [9.17, 15) is 14.4 Å².